The molecule has 0 bridgehead atoms. The summed E-state index contributed by atoms with van der Waals surface area (Å²) in [5, 5.41) is 3.06. The van der Waals surface area contributed by atoms with Crippen LogP contribution in [-0.4, -0.2) is 28.5 Å². The van der Waals surface area contributed by atoms with Gasteiger partial charge in [-0.2, -0.15) is 0 Å². The predicted molar refractivity (Wildman–Crippen MR) is 71.8 cm³/mol. The summed E-state index contributed by atoms with van der Waals surface area (Å²) in [5.41, 5.74) is 1.40. The van der Waals surface area contributed by atoms with E-state index in [0.29, 0.717) is 0 Å². The van der Waals surface area contributed by atoms with Crippen LogP contribution in [0.1, 0.15) is 0 Å². The number of imidazole rings is 1. The summed E-state index contributed by atoms with van der Waals surface area (Å²) in [7, 11) is 1.64. The first-order valence-electron chi connectivity index (χ1n) is 5.43. The summed E-state index contributed by atoms with van der Waals surface area (Å²) in [4.78, 5) is 8.34. The second kappa shape index (κ2) is 4.34. The number of hydrogen-bond acceptors (Lipinski definition) is 4. The summed E-state index contributed by atoms with van der Waals surface area (Å²) in [6.07, 6.45) is 5.27. The lowest BCUT2D eigenvalue weighted by molar-refractivity contribution is 0.415. The molecule has 0 fully saturated rings. The van der Waals surface area contributed by atoms with Gasteiger partial charge in [-0.25, -0.2) is 4.98 Å². The number of aromatic nitrogens is 2. The molecule has 0 saturated heterocycles. The maximum absolute atomic E-state index is 5.92. The molecule has 0 spiro atoms. The van der Waals surface area contributed by atoms with Crippen LogP contribution in [0.3, 0.4) is 0 Å². The molecule has 0 aliphatic carbocycles. The van der Waals surface area contributed by atoms with Crippen LogP contribution in [0.4, 0.5) is 0 Å². The molecule has 0 radical (unpaired) electrons. The quantitative estimate of drug-likeness (QED) is 0.666. The van der Waals surface area contributed by atoms with Gasteiger partial charge in [-0.1, -0.05) is 11.6 Å². The van der Waals surface area contributed by atoms with Gasteiger partial charge >= 0.3 is 0 Å². The number of benzene rings is 1. The molecule has 1 aliphatic heterocycles. The molecule has 1 aliphatic rings. The zero-order valence-corrected chi connectivity index (χ0v) is 10.4. The summed E-state index contributed by atoms with van der Waals surface area (Å²) in [5.74, 6) is 1.63. The number of rotatable bonds is 2. The number of halogens is 1. The van der Waals surface area contributed by atoms with Crippen LogP contribution >= 0.6 is 11.6 Å². The van der Waals surface area contributed by atoms with Crippen molar-refractivity contribution < 1.29 is 4.74 Å². The average Bonchev–Trinajstić information content (AvgIpc) is 2.81. The van der Waals surface area contributed by atoms with Gasteiger partial charge in [0.15, 0.2) is 5.62 Å². The molecular formula is C12H11ClN4O. The number of alkyl halides is 1. The second-order valence-corrected chi connectivity index (χ2v) is 4.21. The molecule has 1 aromatic carbocycles. The molecule has 92 valence electrons. The summed E-state index contributed by atoms with van der Waals surface area (Å²) in [6, 6.07) is 5.75. The van der Waals surface area contributed by atoms with E-state index < -0.39 is 5.62 Å². The van der Waals surface area contributed by atoms with E-state index in [1.165, 1.54) is 0 Å². The summed E-state index contributed by atoms with van der Waals surface area (Å²) in [6.45, 7) is 0. The first-order chi connectivity index (χ1) is 8.78. The minimum atomic E-state index is -0.444. The third-order valence-electron chi connectivity index (χ3n) is 2.73. The molecule has 18 heavy (non-hydrogen) atoms. The lowest BCUT2D eigenvalue weighted by Crippen LogP contribution is -2.26. The highest BCUT2D eigenvalue weighted by Crippen LogP contribution is 2.22. The van der Waals surface area contributed by atoms with Gasteiger partial charge in [-0.15, -0.1) is 0 Å². The van der Waals surface area contributed by atoms with Gasteiger partial charge in [-0.05, 0) is 18.2 Å². The van der Waals surface area contributed by atoms with Crippen molar-refractivity contribution in [2.75, 3.05) is 7.11 Å². The van der Waals surface area contributed by atoms with Gasteiger partial charge in [0.05, 0.1) is 18.1 Å². The number of allylic oxidation sites excluding steroid dienone is 1. The Morgan fingerprint density at radius 3 is 3.11 bits per heavy atom. The van der Waals surface area contributed by atoms with Crippen molar-refractivity contribution >= 4 is 34.7 Å². The van der Waals surface area contributed by atoms with Crippen molar-refractivity contribution in [2.24, 2.45) is 4.99 Å². The van der Waals surface area contributed by atoms with Crippen molar-refractivity contribution in [2.45, 2.75) is 5.62 Å². The molecule has 2 heterocycles. The van der Waals surface area contributed by atoms with E-state index in [-0.39, 0.29) is 0 Å². The third-order valence-corrected chi connectivity index (χ3v) is 2.95. The summed E-state index contributed by atoms with van der Waals surface area (Å²) < 4.78 is 7.10. The normalized spacial score (nSPS) is 18.6. The molecular weight excluding hydrogens is 252 g/mol. The standard InChI is InChI=1S/C12H11ClN4O/c1-18-8-2-3-10-9(6-8)15-7-17(10)11-4-5-14-12(13)16-11/h2-7,12,16H,1H3. The first kappa shape index (κ1) is 11.1. The van der Waals surface area contributed by atoms with Crippen LogP contribution in [0.2, 0.25) is 0 Å². The molecule has 6 heteroatoms. The van der Waals surface area contributed by atoms with Gasteiger partial charge in [0.1, 0.15) is 17.9 Å². The smallest absolute Gasteiger partial charge is 0.196 e. The van der Waals surface area contributed by atoms with E-state index in [2.05, 4.69) is 15.3 Å². The van der Waals surface area contributed by atoms with E-state index in [4.69, 9.17) is 16.3 Å². The number of hydrogen-bond donors (Lipinski definition) is 1. The Balaban J connectivity index is 2.08. The van der Waals surface area contributed by atoms with Crippen LogP contribution in [0.25, 0.3) is 16.9 Å². The Kier molecular flexibility index (Phi) is 2.68. The van der Waals surface area contributed by atoms with E-state index in [0.717, 1.165) is 22.6 Å². The highest BCUT2D eigenvalue weighted by molar-refractivity contribution is 6.21. The lowest BCUT2D eigenvalue weighted by atomic mass is 10.3. The number of aliphatic imine (C=N–C) groups is 1. The molecule has 1 N–H and O–H groups in total. The van der Waals surface area contributed by atoms with Gasteiger partial charge in [0.2, 0.25) is 0 Å². The third kappa shape index (κ3) is 1.82. The van der Waals surface area contributed by atoms with Crippen molar-refractivity contribution in [1.29, 1.82) is 0 Å². The number of ether oxygens (including phenoxy) is 1. The van der Waals surface area contributed by atoms with Gasteiger partial charge < -0.3 is 10.1 Å². The van der Waals surface area contributed by atoms with Crippen molar-refractivity contribution in [1.82, 2.24) is 14.9 Å². The van der Waals surface area contributed by atoms with E-state index in [9.17, 15) is 0 Å². The number of nitrogens with one attached hydrogen (secondary N) is 1. The van der Waals surface area contributed by atoms with Gasteiger partial charge in [0.25, 0.3) is 0 Å². The Labute approximate surface area is 109 Å². The lowest BCUT2D eigenvalue weighted by Gasteiger charge is -2.17. The monoisotopic (exact) mass is 262 g/mol. The van der Waals surface area contributed by atoms with Crippen LogP contribution < -0.4 is 10.1 Å². The minimum Gasteiger partial charge on any atom is -0.497 e. The summed E-state index contributed by atoms with van der Waals surface area (Å²) >= 11 is 5.92. The van der Waals surface area contributed by atoms with Crippen molar-refractivity contribution in [3.8, 4) is 5.75 Å². The Bertz CT molecular complexity index is 647. The van der Waals surface area contributed by atoms with E-state index >= 15 is 0 Å². The molecule has 3 rings (SSSR count). The Morgan fingerprint density at radius 1 is 1.44 bits per heavy atom. The van der Waals surface area contributed by atoms with Crippen LogP contribution in [0, 0.1) is 0 Å². The fraction of sp³-hybridized carbons (Fsp3) is 0.167. The van der Waals surface area contributed by atoms with Crippen molar-refractivity contribution in [3.05, 3.63) is 30.6 Å². The fourth-order valence-corrected chi connectivity index (χ4v) is 2.03. The highest BCUT2D eigenvalue weighted by Gasteiger charge is 2.12. The minimum absolute atomic E-state index is 0.444. The maximum atomic E-state index is 5.92. The zero-order valence-electron chi connectivity index (χ0n) is 9.67. The number of fused-ring (bicyclic) bond motifs is 1. The molecule has 1 atom stereocenters. The number of methoxy groups -OCH3 is 1. The maximum Gasteiger partial charge on any atom is 0.196 e. The zero-order chi connectivity index (χ0) is 12.5. The molecule has 0 saturated carbocycles. The SMILES string of the molecule is COc1ccc2c(c1)ncn2C1=CC=NC(Cl)N1. The van der Waals surface area contributed by atoms with Crippen LogP contribution in [-0.2, 0) is 0 Å². The predicted octanol–water partition coefficient (Wildman–Crippen LogP) is 2.04. The molecule has 5 nitrogen and oxygen atoms in total. The van der Waals surface area contributed by atoms with Gasteiger partial charge in [0, 0.05) is 12.3 Å². The molecule has 1 unspecified atom stereocenters. The average molecular weight is 263 g/mol. The Morgan fingerprint density at radius 2 is 2.33 bits per heavy atom. The van der Waals surface area contributed by atoms with Crippen LogP contribution in [0.15, 0.2) is 35.6 Å². The highest BCUT2D eigenvalue weighted by atomic mass is 35.5. The number of nitrogens with zero attached hydrogens (tertiary/aromatic N) is 3. The molecule has 2 aromatic rings. The molecule has 1 aromatic heterocycles. The Hall–Kier alpha value is -2.01. The topological polar surface area (TPSA) is 51.4 Å². The fourth-order valence-electron chi connectivity index (χ4n) is 1.86. The van der Waals surface area contributed by atoms with E-state index in [1.54, 1.807) is 19.7 Å². The van der Waals surface area contributed by atoms with Crippen molar-refractivity contribution in [3.63, 3.8) is 0 Å². The van der Waals surface area contributed by atoms with Crippen LogP contribution in [0.5, 0.6) is 5.75 Å². The first-order valence-corrected chi connectivity index (χ1v) is 5.87. The molecule has 0 amide bonds. The largest absolute Gasteiger partial charge is 0.497 e. The van der Waals surface area contributed by atoms with E-state index in [1.807, 2.05) is 28.8 Å². The second-order valence-electron chi connectivity index (χ2n) is 3.80. The van der Waals surface area contributed by atoms with Gasteiger partial charge in [-0.3, -0.25) is 9.56 Å².